The third-order valence-corrected chi connectivity index (χ3v) is 3.50. The summed E-state index contributed by atoms with van der Waals surface area (Å²) in [5.41, 5.74) is 2.05. The maximum Gasteiger partial charge on any atom is 0.251 e. The van der Waals surface area contributed by atoms with E-state index in [2.05, 4.69) is 45.9 Å². The van der Waals surface area contributed by atoms with E-state index in [1.807, 2.05) is 18.2 Å². The minimum atomic E-state index is -0.0411. The van der Waals surface area contributed by atoms with E-state index in [1.54, 1.807) is 19.2 Å². The SMILES string of the molecule is CNC(=O)c1ccccc1.c1ccc(N2CCNCC2)cc1. The van der Waals surface area contributed by atoms with E-state index in [1.165, 1.54) is 5.69 Å². The van der Waals surface area contributed by atoms with Gasteiger partial charge >= 0.3 is 0 Å². The van der Waals surface area contributed by atoms with E-state index in [-0.39, 0.29) is 5.91 Å². The van der Waals surface area contributed by atoms with Crippen molar-refractivity contribution in [2.45, 2.75) is 0 Å². The number of amides is 1. The largest absolute Gasteiger partial charge is 0.369 e. The maximum absolute atomic E-state index is 10.9. The Hall–Kier alpha value is -2.33. The fourth-order valence-electron chi connectivity index (χ4n) is 2.30. The molecule has 0 aliphatic carbocycles. The molecule has 0 bridgehead atoms. The van der Waals surface area contributed by atoms with Gasteiger partial charge in [0.1, 0.15) is 0 Å². The molecule has 1 fully saturated rings. The first-order valence-electron chi connectivity index (χ1n) is 7.59. The molecule has 0 spiro atoms. The first kappa shape index (κ1) is 16.0. The second-order valence-corrected chi connectivity index (χ2v) is 5.02. The standard InChI is InChI=1S/C10H14N2.C8H9NO/c1-2-4-10(5-3-1)12-8-6-11-7-9-12;1-9-8(10)7-5-3-2-4-6-7/h1-5,11H,6-9H2;2-6H,1H3,(H,9,10). The molecule has 0 saturated carbocycles. The van der Waals surface area contributed by atoms with E-state index in [0.29, 0.717) is 5.56 Å². The molecule has 1 amide bonds. The number of hydrogen-bond donors (Lipinski definition) is 2. The summed E-state index contributed by atoms with van der Waals surface area (Å²) in [5.74, 6) is -0.0411. The molecule has 1 aliphatic rings. The highest BCUT2D eigenvalue weighted by Crippen LogP contribution is 2.12. The minimum Gasteiger partial charge on any atom is -0.369 e. The van der Waals surface area contributed by atoms with Crippen LogP contribution in [0.5, 0.6) is 0 Å². The lowest BCUT2D eigenvalue weighted by molar-refractivity contribution is 0.0963. The molecule has 1 heterocycles. The third kappa shape index (κ3) is 4.90. The van der Waals surface area contributed by atoms with Gasteiger partial charge in [0.05, 0.1) is 0 Å². The average molecular weight is 297 g/mol. The van der Waals surface area contributed by atoms with Gasteiger partial charge in [-0.3, -0.25) is 4.79 Å². The van der Waals surface area contributed by atoms with Crippen LogP contribution in [0.15, 0.2) is 60.7 Å². The number of nitrogens with zero attached hydrogens (tertiary/aromatic N) is 1. The summed E-state index contributed by atoms with van der Waals surface area (Å²) in [4.78, 5) is 13.3. The third-order valence-electron chi connectivity index (χ3n) is 3.50. The Kier molecular flexibility index (Phi) is 6.45. The van der Waals surface area contributed by atoms with Gasteiger partial charge in [0.25, 0.3) is 5.91 Å². The molecule has 0 unspecified atom stereocenters. The van der Waals surface area contributed by atoms with Crippen LogP contribution in [-0.4, -0.2) is 39.1 Å². The summed E-state index contributed by atoms with van der Waals surface area (Å²) < 4.78 is 0. The molecule has 4 nitrogen and oxygen atoms in total. The molecule has 22 heavy (non-hydrogen) atoms. The Balaban J connectivity index is 0.000000164. The van der Waals surface area contributed by atoms with Gasteiger partial charge in [0.15, 0.2) is 0 Å². The van der Waals surface area contributed by atoms with E-state index >= 15 is 0 Å². The first-order chi connectivity index (χ1) is 10.8. The maximum atomic E-state index is 10.9. The molecule has 116 valence electrons. The number of para-hydroxylation sites is 1. The summed E-state index contributed by atoms with van der Waals surface area (Å²) in [5, 5.41) is 5.89. The average Bonchev–Trinajstić information content (AvgIpc) is 2.64. The predicted octanol–water partition coefficient (Wildman–Crippen LogP) is 2.14. The second kappa shape index (κ2) is 8.85. The molecule has 0 radical (unpaired) electrons. The highest BCUT2D eigenvalue weighted by atomic mass is 16.1. The summed E-state index contributed by atoms with van der Waals surface area (Å²) >= 11 is 0. The van der Waals surface area contributed by atoms with Crippen LogP contribution >= 0.6 is 0 Å². The zero-order valence-electron chi connectivity index (χ0n) is 13.0. The molecule has 2 N–H and O–H groups in total. The molecule has 2 aromatic carbocycles. The molecular weight excluding hydrogens is 274 g/mol. The molecule has 1 aliphatic heterocycles. The molecule has 0 atom stereocenters. The van der Waals surface area contributed by atoms with Gasteiger partial charge < -0.3 is 15.5 Å². The first-order valence-corrected chi connectivity index (χ1v) is 7.59. The van der Waals surface area contributed by atoms with Crippen LogP contribution in [0.25, 0.3) is 0 Å². The summed E-state index contributed by atoms with van der Waals surface area (Å²) in [6.45, 7) is 4.47. The van der Waals surface area contributed by atoms with Crippen molar-refractivity contribution < 1.29 is 4.79 Å². The number of benzene rings is 2. The van der Waals surface area contributed by atoms with Gasteiger partial charge in [-0.1, -0.05) is 36.4 Å². The van der Waals surface area contributed by atoms with Crippen LogP contribution in [0, 0.1) is 0 Å². The minimum absolute atomic E-state index is 0.0411. The predicted molar refractivity (Wildman–Crippen MR) is 91.4 cm³/mol. The van der Waals surface area contributed by atoms with E-state index in [0.717, 1.165) is 26.2 Å². The quantitative estimate of drug-likeness (QED) is 0.892. The van der Waals surface area contributed by atoms with Gasteiger partial charge in [0.2, 0.25) is 0 Å². The topological polar surface area (TPSA) is 44.4 Å². The lowest BCUT2D eigenvalue weighted by Gasteiger charge is -2.29. The number of nitrogens with one attached hydrogen (secondary N) is 2. The van der Waals surface area contributed by atoms with Gasteiger partial charge in [-0.15, -0.1) is 0 Å². The molecule has 4 heteroatoms. The highest BCUT2D eigenvalue weighted by Gasteiger charge is 2.08. The summed E-state index contributed by atoms with van der Waals surface area (Å²) in [7, 11) is 1.62. The number of piperazine rings is 1. The lowest BCUT2D eigenvalue weighted by Crippen LogP contribution is -2.43. The number of hydrogen-bond acceptors (Lipinski definition) is 3. The van der Waals surface area contributed by atoms with Crippen molar-refractivity contribution in [3.63, 3.8) is 0 Å². The van der Waals surface area contributed by atoms with E-state index in [9.17, 15) is 4.79 Å². The number of rotatable bonds is 2. The number of carbonyl (C=O) groups excluding carboxylic acids is 1. The van der Waals surface area contributed by atoms with Gasteiger partial charge in [-0.25, -0.2) is 0 Å². The fraction of sp³-hybridized carbons (Fsp3) is 0.278. The molecule has 2 aromatic rings. The van der Waals surface area contributed by atoms with Gasteiger partial charge in [-0.2, -0.15) is 0 Å². The van der Waals surface area contributed by atoms with Crippen molar-refractivity contribution in [2.24, 2.45) is 0 Å². The Labute approximate surface area is 132 Å². The summed E-state index contributed by atoms with van der Waals surface area (Å²) in [6.07, 6.45) is 0. The van der Waals surface area contributed by atoms with Crippen LogP contribution in [0.3, 0.4) is 0 Å². The van der Waals surface area contributed by atoms with Gasteiger partial charge in [-0.05, 0) is 24.3 Å². The second-order valence-electron chi connectivity index (χ2n) is 5.02. The van der Waals surface area contributed by atoms with Crippen molar-refractivity contribution >= 4 is 11.6 Å². The highest BCUT2D eigenvalue weighted by molar-refractivity contribution is 5.93. The normalized spacial score (nSPS) is 13.8. The van der Waals surface area contributed by atoms with Crippen molar-refractivity contribution in [3.8, 4) is 0 Å². The molecule has 3 rings (SSSR count). The molecular formula is C18H23N3O. The Morgan fingerprint density at radius 1 is 0.955 bits per heavy atom. The van der Waals surface area contributed by atoms with E-state index < -0.39 is 0 Å². The van der Waals surface area contributed by atoms with Crippen LogP contribution in [0.1, 0.15) is 10.4 Å². The Bertz CT molecular complexity index is 551. The van der Waals surface area contributed by atoms with Crippen LogP contribution in [-0.2, 0) is 0 Å². The van der Waals surface area contributed by atoms with Crippen molar-refractivity contribution in [3.05, 3.63) is 66.2 Å². The fourth-order valence-corrected chi connectivity index (χ4v) is 2.30. The zero-order valence-corrected chi connectivity index (χ0v) is 13.0. The van der Waals surface area contributed by atoms with Crippen molar-refractivity contribution in [1.82, 2.24) is 10.6 Å². The Morgan fingerprint density at radius 2 is 1.50 bits per heavy atom. The van der Waals surface area contributed by atoms with Crippen LogP contribution < -0.4 is 15.5 Å². The van der Waals surface area contributed by atoms with Crippen molar-refractivity contribution in [2.75, 3.05) is 38.1 Å². The monoisotopic (exact) mass is 297 g/mol. The number of carbonyl (C=O) groups is 1. The molecule has 1 saturated heterocycles. The van der Waals surface area contributed by atoms with Crippen molar-refractivity contribution in [1.29, 1.82) is 0 Å². The van der Waals surface area contributed by atoms with Gasteiger partial charge in [0, 0.05) is 44.5 Å². The number of anilines is 1. The van der Waals surface area contributed by atoms with Crippen LogP contribution in [0.2, 0.25) is 0 Å². The Morgan fingerprint density at radius 3 is 2.05 bits per heavy atom. The van der Waals surface area contributed by atoms with E-state index in [4.69, 9.17) is 0 Å². The zero-order chi connectivity index (χ0) is 15.6. The summed E-state index contributed by atoms with van der Waals surface area (Å²) in [6, 6.07) is 19.7. The smallest absolute Gasteiger partial charge is 0.251 e. The molecule has 0 aromatic heterocycles. The van der Waals surface area contributed by atoms with Crippen LogP contribution in [0.4, 0.5) is 5.69 Å². The lowest BCUT2D eigenvalue weighted by atomic mass is 10.2.